The van der Waals surface area contributed by atoms with Crippen molar-refractivity contribution in [3.63, 3.8) is 0 Å². The molecule has 1 fully saturated rings. The molecule has 2 aliphatic heterocycles. The van der Waals surface area contributed by atoms with Crippen molar-refractivity contribution in [2.75, 3.05) is 40.3 Å². The second-order valence-electron chi connectivity index (χ2n) is 7.49. The lowest BCUT2D eigenvalue weighted by atomic mass is 9.94. The first-order chi connectivity index (χ1) is 12.5. The third kappa shape index (κ3) is 4.55. The van der Waals surface area contributed by atoms with Gasteiger partial charge in [-0.15, -0.1) is 0 Å². The summed E-state index contributed by atoms with van der Waals surface area (Å²) in [7, 11) is 3.98. The molecule has 1 saturated heterocycles. The second kappa shape index (κ2) is 8.54. The van der Waals surface area contributed by atoms with Crippen molar-refractivity contribution in [2.24, 2.45) is 0 Å². The average molecular weight is 358 g/mol. The highest BCUT2D eigenvalue weighted by atomic mass is 16.2. The molecular formula is C20H30N4O2. The van der Waals surface area contributed by atoms with Crippen LogP contribution in [0.3, 0.4) is 0 Å². The number of urea groups is 1. The van der Waals surface area contributed by atoms with Crippen LogP contribution < -0.4 is 5.32 Å². The SMILES string of the molecule is CN(CC1Cc2ccccc2CN1C)C(=O)NCCCN1CCCC1=O. The Morgan fingerprint density at radius 1 is 1.31 bits per heavy atom. The van der Waals surface area contributed by atoms with Gasteiger partial charge >= 0.3 is 6.03 Å². The number of carbonyl (C=O) groups excluding carboxylic acids is 2. The minimum Gasteiger partial charge on any atom is -0.343 e. The van der Waals surface area contributed by atoms with Crippen molar-refractivity contribution in [1.29, 1.82) is 0 Å². The number of carbonyl (C=O) groups is 2. The molecule has 26 heavy (non-hydrogen) atoms. The molecule has 0 bridgehead atoms. The number of fused-ring (bicyclic) bond motifs is 1. The number of nitrogens with one attached hydrogen (secondary N) is 1. The van der Waals surface area contributed by atoms with Gasteiger partial charge in [0.25, 0.3) is 0 Å². The zero-order valence-electron chi connectivity index (χ0n) is 15.9. The van der Waals surface area contributed by atoms with E-state index in [4.69, 9.17) is 0 Å². The minimum atomic E-state index is -0.0370. The molecule has 6 nitrogen and oxygen atoms in total. The zero-order chi connectivity index (χ0) is 18.5. The summed E-state index contributed by atoms with van der Waals surface area (Å²) >= 11 is 0. The van der Waals surface area contributed by atoms with E-state index in [1.807, 2.05) is 11.9 Å². The molecule has 0 aliphatic carbocycles. The van der Waals surface area contributed by atoms with Gasteiger partial charge in [-0.2, -0.15) is 0 Å². The van der Waals surface area contributed by atoms with Gasteiger partial charge in [0.05, 0.1) is 0 Å². The van der Waals surface area contributed by atoms with Gasteiger partial charge in [-0.05, 0) is 37.4 Å². The Morgan fingerprint density at radius 2 is 2.08 bits per heavy atom. The highest BCUT2D eigenvalue weighted by molar-refractivity contribution is 5.78. The molecule has 1 aromatic rings. The van der Waals surface area contributed by atoms with Crippen LogP contribution in [0, 0.1) is 0 Å². The molecule has 6 heteroatoms. The molecule has 1 aromatic carbocycles. The van der Waals surface area contributed by atoms with Crippen molar-refractivity contribution in [2.45, 2.75) is 38.3 Å². The predicted octanol–water partition coefficient (Wildman–Crippen LogP) is 1.70. The molecule has 3 amide bonds. The van der Waals surface area contributed by atoms with E-state index in [1.165, 1.54) is 11.1 Å². The number of nitrogens with zero attached hydrogens (tertiary/aromatic N) is 3. The molecule has 1 atom stereocenters. The molecular weight excluding hydrogens is 328 g/mol. The lowest BCUT2D eigenvalue weighted by Gasteiger charge is -2.36. The topological polar surface area (TPSA) is 55.9 Å². The van der Waals surface area contributed by atoms with Gasteiger partial charge in [0.15, 0.2) is 0 Å². The Labute approximate surface area is 156 Å². The fraction of sp³-hybridized carbons (Fsp3) is 0.600. The number of likely N-dealkylation sites (tertiary alicyclic amines) is 1. The van der Waals surface area contributed by atoms with E-state index in [9.17, 15) is 9.59 Å². The van der Waals surface area contributed by atoms with Gasteiger partial charge in [0.2, 0.25) is 5.91 Å². The summed E-state index contributed by atoms with van der Waals surface area (Å²) in [5, 5.41) is 2.98. The number of amides is 3. The first-order valence-corrected chi connectivity index (χ1v) is 9.58. The molecule has 0 spiro atoms. The number of benzene rings is 1. The zero-order valence-corrected chi connectivity index (χ0v) is 15.9. The Morgan fingerprint density at radius 3 is 2.81 bits per heavy atom. The standard InChI is InChI=1S/C20H30N4O2/c1-22-14-17-8-4-3-7-16(17)13-18(22)15-23(2)20(26)21-10-6-12-24-11-5-9-19(24)25/h3-4,7-8,18H,5-6,9-15H2,1-2H3,(H,21,26). The van der Waals surface area contributed by atoms with Crippen molar-refractivity contribution >= 4 is 11.9 Å². The predicted molar refractivity (Wildman–Crippen MR) is 102 cm³/mol. The summed E-state index contributed by atoms with van der Waals surface area (Å²) in [6.07, 6.45) is 3.42. The summed E-state index contributed by atoms with van der Waals surface area (Å²) in [4.78, 5) is 29.9. The fourth-order valence-corrected chi connectivity index (χ4v) is 3.86. The normalized spacial score (nSPS) is 20.2. The van der Waals surface area contributed by atoms with Gasteiger partial charge in [0, 0.05) is 52.2 Å². The third-order valence-electron chi connectivity index (χ3n) is 5.50. The molecule has 142 valence electrons. The van der Waals surface area contributed by atoms with E-state index in [1.54, 1.807) is 4.90 Å². The molecule has 0 radical (unpaired) electrons. The molecule has 1 N–H and O–H groups in total. The van der Waals surface area contributed by atoms with Gasteiger partial charge in [-0.25, -0.2) is 4.79 Å². The van der Waals surface area contributed by atoms with Crippen LogP contribution in [0.25, 0.3) is 0 Å². The fourth-order valence-electron chi connectivity index (χ4n) is 3.86. The lowest BCUT2D eigenvalue weighted by molar-refractivity contribution is -0.127. The molecule has 1 unspecified atom stereocenters. The molecule has 2 aliphatic rings. The van der Waals surface area contributed by atoms with Crippen molar-refractivity contribution in [1.82, 2.24) is 20.0 Å². The number of hydrogen-bond donors (Lipinski definition) is 1. The Hall–Kier alpha value is -2.08. The number of likely N-dealkylation sites (N-methyl/N-ethyl adjacent to an activating group) is 2. The number of rotatable bonds is 6. The summed E-state index contributed by atoms with van der Waals surface area (Å²) in [5.74, 6) is 0.245. The highest BCUT2D eigenvalue weighted by Gasteiger charge is 2.25. The van der Waals surface area contributed by atoms with Crippen molar-refractivity contribution in [3.8, 4) is 0 Å². The van der Waals surface area contributed by atoms with Crippen molar-refractivity contribution < 1.29 is 9.59 Å². The van der Waals surface area contributed by atoms with Crippen LogP contribution in [0.5, 0.6) is 0 Å². The Balaban J connectivity index is 1.40. The average Bonchev–Trinajstić information content (AvgIpc) is 3.04. The van der Waals surface area contributed by atoms with E-state index in [2.05, 4.69) is 41.5 Å². The van der Waals surface area contributed by atoms with Crippen molar-refractivity contribution in [3.05, 3.63) is 35.4 Å². The van der Waals surface area contributed by atoms with E-state index >= 15 is 0 Å². The van der Waals surface area contributed by atoms with E-state index in [0.717, 1.165) is 38.9 Å². The van der Waals surface area contributed by atoms with Crippen LogP contribution in [0.1, 0.15) is 30.4 Å². The summed E-state index contributed by atoms with van der Waals surface area (Å²) in [6, 6.07) is 8.84. The number of hydrogen-bond acceptors (Lipinski definition) is 3. The summed E-state index contributed by atoms with van der Waals surface area (Å²) in [6.45, 7) is 3.85. The summed E-state index contributed by atoms with van der Waals surface area (Å²) < 4.78 is 0. The van der Waals surface area contributed by atoms with E-state index < -0.39 is 0 Å². The third-order valence-corrected chi connectivity index (χ3v) is 5.50. The highest BCUT2D eigenvalue weighted by Crippen LogP contribution is 2.22. The minimum absolute atomic E-state index is 0.0370. The lowest BCUT2D eigenvalue weighted by Crippen LogP contribution is -2.48. The maximum Gasteiger partial charge on any atom is 0.317 e. The molecule has 3 rings (SSSR count). The van der Waals surface area contributed by atoms with E-state index in [0.29, 0.717) is 25.6 Å². The van der Waals surface area contributed by atoms with Crippen LogP contribution >= 0.6 is 0 Å². The Kier molecular flexibility index (Phi) is 6.14. The quantitative estimate of drug-likeness (QED) is 0.788. The van der Waals surface area contributed by atoms with Crippen LogP contribution in [0.2, 0.25) is 0 Å². The largest absolute Gasteiger partial charge is 0.343 e. The van der Waals surface area contributed by atoms with Gasteiger partial charge in [-0.3, -0.25) is 9.69 Å². The summed E-state index contributed by atoms with van der Waals surface area (Å²) in [5.41, 5.74) is 2.77. The monoisotopic (exact) mass is 358 g/mol. The van der Waals surface area contributed by atoms with Gasteiger partial charge < -0.3 is 15.1 Å². The van der Waals surface area contributed by atoms with Gasteiger partial charge in [-0.1, -0.05) is 24.3 Å². The first-order valence-electron chi connectivity index (χ1n) is 9.58. The Bertz CT molecular complexity index is 648. The second-order valence-corrected chi connectivity index (χ2v) is 7.49. The maximum atomic E-state index is 12.3. The van der Waals surface area contributed by atoms with Crippen LogP contribution in [-0.4, -0.2) is 73.0 Å². The van der Waals surface area contributed by atoms with Crippen LogP contribution in [0.15, 0.2) is 24.3 Å². The smallest absolute Gasteiger partial charge is 0.317 e. The maximum absolute atomic E-state index is 12.3. The first kappa shape index (κ1) is 18.7. The molecule has 2 heterocycles. The van der Waals surface area contributed by atoms with E-state index in [-0.39, 0.29) is 11.9 Å². The molecule has 0 saturated carbocycles. The van der Waals surface area contributed by atoms with Gasteiger partial charge in [0.1, 0.15) is 0 Å². The molecule has 0 aromatic heterocycles. The van der Waals surface area contributed by atoms with Crippen LogP contribution in [0.4, 0.5) is 4.79 Å². The van der Waals surface area contributed by atoms with Crippen LogP contribution in [-0.2, 0) is 17.8 Å².